The summed E-state index contributed by atoms with van der Waals surface area (Å²) in [5, 5.41) is 28.0. The lowest BCUT2D eigenvalue weighted by atomic mass is 10.1. The Morgan fingerprint density at radius 3 is 2.46 bits per heavy atom. The summed E-state index contributed by atoms with van der Waals surface area (Å²) >= 11 is 3.15. The third-order valence-electron chi connectivity index (χ3n) is 1.86. The molecule has 13 heavy (non-hydrogen) atoms. The standard InChI is InChI=1S/C7H13BrO5/c8-1-2-12-7-6(11)5(10)4(3-9)13-7/h4-7,9-11H,1-3H2/t4-,5-,6+,7?/m1/s1. The molecule has 78 valence electrons. The van der Waals surface area contributed by atoms with Crippen molar-refractivity contribution >= 4 is 15.9 Å². The van der Waals surface area contributed by atoms with Crippen molar-refractivity contribution in [2.24, 2.45) is 0 Å². The van der Waals surface area contributed by atoms with Gasteiger partial charge in [0.25, 0.3) is 0 Å². The molecule has 1 rings (SSSR count). The molecule has 1 saturated heterocycles. The Kier molecular flexibility index (Phi) is 4.57. The highest BCUT2D eigenvalue weighted by atomic mass is 79.9. The van der Waals surface area contributed by atoms with E-state index < -0.39 is 24.6 Å². The fraction of sp³-hybridized carbons (Fsp3) is 1.00. The number of hydrogen-bond acceptors (Lipinski definition) is 5. The van der Waals surface area contributed by atoms with Crippen molar-refractivity contribution in [2.75, 3.05) is 18.5 Å². The van der Waals surface area contributed by atoms with Crippen LogP contribution in [-0.2, 0) is 9.47 Å². The third kappa shape index (κ3) is 2.61. The van der Waals surface area contributed by atoms with Crippen LogP contribution in [0.15, 0.2) is 0 Å². The first-order chi connectivity index (χ1) is 6.20. The molecular weight excluding hydrogens is 244 g/mol. The van der Waals surface area contributed by atoms with Gasteiger partial charge in [0.15, 0.2) is 6.29 Å². The summed E-state index contributed by atoms with van der Waals surface area (Å²) in [5.74, 6) is 0. The highest BCUT2D eigenvalue weighted by Gasteiger charge is 2.42. The number of halogens is 1. The van der Waals surface area contributed by atoms with Gasteiger partial charge in [0.2, 0.25) is 0 Å². The summed E-state index contributed by atoms with van der Waals surface area (Å²) in [6.45, 7) is 0.0546. The van der Waals surface area contributed by atoms with E-state index in [1.54, 1.807) is 0 Å². The Bertz CT molecular complexity index is 156. The minimum Gasteiger partial charge on any atom is -0.394 e. The molecule has 0 aromatic rings. The predicted molar refractivity (Wildman–Crippen MR) is 47.5 cm³/mol. The molecule has 0 spiro atoms. The first kappa shape index (κ1) is 11.4. The normalized spacial score (nSPS) is 39.7. The zero-order chi connectivity index (χ0) is 9.84. The topological polar surface area (TPSA) is 79.2 Å². The summed E-state index contributed by atoms with van der Waals surface area (Å²) < 4.78 is 10.1. The highest BCUT2D eigenvalue weighted by molar-refractivity contribution is 9.09. The molecule has 0 aromatic carbocycles. The lowest BCUT2D eigenvalue weighted by molar-refractivity contribution is -0.165. The van der Waals surface area contributed by atoms with Gasteiger partial charge in [-0.05, 0) is 0 Å². The van der Waals surface area contributed by atoms with Crippen molar-refractivity contribution in [3.8, 4) is 0 Å². The van der Waals surface area contributed by atoms with Crippen LogP contribution in [-0.4, -0.2) is 58.5 Å². The second kappa shape index (κ2) is 5.23. The Balaban J connectivity index is 2.40. The van der Waals surface area contributed by atoms with Gasteiger partial charge in [-0.25, -0.2) is 0 Å². The quantitative estimate of drug-likeness (QED) is 0.553. The van der Waals surface area contributed by atoms with Crippen LogP contribution >= 0.6 is 15.9 Å². The maximum absolute atomic E-state index is 9.36. The molecule has 6 heteroatoms. The van der Waals surface area contributed by atoms with E-state index in [9.17, 15) is 10.2 Å². The fourth-order valence-electron chi connectivity index (χ4n) is 1.16. The molecule has 5 nitrogen and oxygen atoms in total. The smallest absolute Gasteiger partial charge is 0.186 e. The zero-order valence-corrected chi connectivity index (χ0v) is 8.55. The molecule has 4 atom stereocenters. The van der Waals surface area contributed by atoms with E-state index >= 15 is 0 Å². The number of ether oxygens (including phenoxy) is 2. The summed E-state index contributed by atoms with van der Waals surface area (Å²) in [4.78, 5) is 0. The second-order valence-corrected chi connectivity index (χ2v) is 3.56. The number of aliphatic hydroxyl groups excluding tert-OH is 3. The Morgan fingerprint density at radius 1 is 1.31 bits per heavy atom. The highest BCUT2D eigenvalue weighted by Crippen LogP contribution is 2.21. The number of aliphatic hydroxyl groups is 3. The van der Waals surface area contributed by atoms with Gasteiger partial charge < -0.3 is 24.8 Å². The summed E-state index contributed by atoms with van der Waals surface area (Å²) in [5.41, 5.74) is 0. The van der Waals surface area contributed by atoms with Gasteiger partial charge in [-0.15, -0.1) is 0 Å². The molecule has 1 fully saturated rings. The van der Waals surface area contributed by atoms with Crippen LogP contribution in [0.5, 0.6) is 0 Å². The van der Waals surface area contributed by atoms with Crippen LogP contribution in [0, 0.1) is 0 Å². The van der Waals surface area contributed by atoms with Gasteiger partial charge in [0.1, 0.15) is 18.3 Å². The van der Waals surface area contributed by atoms with Crippen molar-refractivity contribution in [3.63, 3.8) is 0 Å². The van der Waals surface area contributed by atoms with Crippen LogP contribution in [0.25, 0.3) is 0 Å². The van der Waals surface area contributed by atoms with E-state index in [2.05, 4.69) is 15.9 Å². The minimum absolute atomic E-state index is 0.327. The molecule has 0 saturated carbocycles. The molecule has 0 amide bonds. The van der Waals surface area contributed by atoms with Crippen molar-refractivity contribution in [3.05, 3.63) is 0 Å². The molecule has 3 N–H and O–H groups in total. The van der Waals surface area contributed by atoms with Gasteiger partial charge in [-0.2, -0.15) is 0 Å². The fourth-order valence-corrected chi connectivity index (χ4v) is 1.35. The van der Waals surface area contributed by atoms with Gasteiger partial charge in [0.05, 0.1) is 13.2 Å². The third-order valence-corrected chi connectivity index (χ3v) is 2.18. The number of hydrogen-bond donors (Lipinski definition) is 3. The van der Waals surface area contributed by atoms with E-state index in [1.807, 2.05) is 0 Å². The predicted octanol–water partition coefficient (Wildman–Crippen LogP) is -1.16. The Labute approximate surface area is 84.4 Å². The SMILES string of the molecule is OC[C@H]1OC(OCCBr)[C@@H](O)[C@@H]1O. The molecule has 1 heterocycles. The molecule has 0 bridgehead atoms. The van der Waals surface area contributed by atoms with Crippen LogP contribution in [0.3, 0.4) is 0 Å². The molecule has 1 unspecified atom stereocenters. The maximum atomic E-state index is 9.36. The second-order valence-electron chi connectivity index (χ2n) is 2.77. The maximum Gasteiger partial charge on any atom is 0.186 e. The average molecular weight is 257 g/mol. The Hall–Kier alpha value is 0.280. The Morgan fingerprint density at radius 2 is 2.00 bits per heavy atom. The molecular formula is C7H13BrO5. The van der Waals surface area contributed by atoms with E-state index in [0.717, 1.165) is 0 Å². The number of alkyl halides is 1. The molecule has 0 radical (unpaired) electrons. The largest absolute Gasteiger partial charge is 0.394 e. The lowest BCUT2D eigenvalue weighted by Gasteiger charge is -2.14. The first-order valence-electron chi connectivity index (χ1n) is 4.00. The molecule has 0 aliphatic carbocycles. The van der Waals surface area contributed by atoms with Crippen LogP contribution in [0.2, 0.25) is 0 Å². The summed E-state index contributed by atoms with van der Waals surface area (Å²) in [7, 11) is 0. The molecule has 0 aromatic heterocycles. The van der Waals surface area contributed by atoms with Crippen LogP contribution < -0.4 is 0 Å². The van der Waals surface area contributed by atoms with E-state index in [-0.39, 0.29) is 6.61 Å². The number of rotatable bonds is 4. The molecule has 1 aliphatic rings. The van der Waals surface area contributed by atoms with E-state index in [0.29, 0.717) is 11.9 Å². The zero-order valence-electron chi connectivity index (χ0n) is 6.97. The van der Waals surface area contributed by atoms with Crippen LogP contribution in [0.1, 0.15) is 0 Å². The first-order valence-corrected chi connectivity index (χ1v) is 5.13. The van der Waals surface area contributed by atoms with Gasteiger partial charge in [0, 0.05) is 5.33 Å². The van der Waals surface area contributed by atoms with Crippen molar-refractivity contribution < 1.29 is 24.8 Å². The lowest BCUT2D eigenvalue weighted by Crippen LogP contribution is -2.34. The van der Waals surface area contributed by atoms with Crippen molar-refractivity contribution in [1.29, 1.82) is 0 Å². The van der Waals surface area contributed by atoms with Gasteiger partial charge in [-0.1, -0.05) is 15.9 Å². The van der Waals surface area contributed by atoms with Crippen molar-refractivity contribution in [1.82, 2.24) is 0 Å². The van der Waals surface area contributed by atoms with Crippen LogP contribution in [0.4, 0.5) is 0 Å². The van der Waals surface area contributed by atoms with E-state index in [1.165, 1.54) is 0 Å². The van der Waals surface area contributed by atoms with Gasteiger partial charge >= 0.3 is 0 Å². The molecule has 1 aliphatic heterocycles. The minimum atomic E-state index is -1.09. The summed E-state index contributed by atoms with van der Waals surface area (Å²) in [6, 6.07) is 0. The van der Waals surface area contributed by atoms with Gasteiger partial charge in [-0.3, -0.25) is 0 Å². The van der Waals surface area contributed by atoms with E-state index in [4.69, 9.17) is 14.6 Å². The van der Waals surface area contributed by atoms with Crippen molar-refractivity contribution in [2.45, 2.75) is 24.6 Å². The summed E-state index contributed by atoms with van der Waals surface area (Å²) in [6.07, 6.45) is -3.76. The average Bonchev–Trinajstić information content (AvgIpc) is 2.41. The monoisotopic (exact) mass is 256 g/mol.